The molecule has 2 rings (SSSR count). The van der Waals surface area contributed by atoms with Gasteiger partial charge >= 0.3 is 0 Å². The Balaban J connectivity index is 1.78. The van der Waals surface area contributed by atoms with E-state index in [4.69, 9.17) is 0 Å². The maximum absolute atomic E-state index is 11.7. The molecule has 1 saturated carbocycles. The van der Waals surface area contributed by atoms with Gasteiger partial charge in [-0.05, 0) is 67.1 Å². The van der Waals surface area contributed by atoms with Gasteiger partial charge in [0.05, 0.1) is 0 Å². The third kappa shape index (κ3) is 7.03. The SMILES string of the molecule is C=C=CCN(CCCCCC1(c2cccc(CCC(C)C)c2)CC1)C(C)=O. The van der Waals surface area contributed by atoms with Crippen LogP contribution in [0.4, 0.5) is 0 Å². The first-order valence-corrected chi connectivity index (χ1v) is 10.7. The lowest BCUT2D eigenvalue weighted by Gasteiger charge is -2.20. The number of aryl methyl sites for hydroxylation is 1. The second kappa shape index (κ2) is 10.5. The molecule has 1 aliphatic rings. The summed E-state index contributed by atoms with van der Waals surface area (Å²) in [6, 6.07) is 9.35. The minimum absolute atomic E-state index is 0.137. The summed E-state index contributed by atoms with van der Waals surface area (Å²) in [6.45, 7) is 11.3. The van der Waals surface area contributed by atoms with E-state index in [9.17, 15) is 4.79 Å². The largest absolute Gasteiger partial charge is 0.339 e. The van der Waals surface area contributed by atoms with Crippen LogP contribution in [-0.4, -0.2) is 23.9 Å². The number of carbonyl (C=O) groups excluding carboxylic acids is 1. The van der Waals surface area contributed by atoms with Gasteiger partial charge < -0.3 is 4.90 Å². The number of hydrogen-bond donors (Lipinski definition) is 0. The molecule has 0 bridgehead atoms. The smallest absolute Gasteiger partial charge is 0.219 e. The fourth-order valence-electron chi connectivity index (χ4n) is 3.84. The van der Waals surface area contributed by atoms with Gasteiger partial charge in [-0.3, -0.25) is 4.79 Å². The van der Waals surface area contributed by atoms with E-state index in [2.05, 4.69) is 50.4 Å². The number of amides is 1. The number of hydrogen-bond acceptors (Lipinski definition) is 1. The van der Waals surface area contributed by atoms with Gasteiger partial charge in [-0.2, -0.15) is 0 Å². The van der Waals surface area contributed by atoms with Crippen molar-refractivity contribution in [2.75, 3.05) is 13.1 Å². The molecule has 0 radical (unpaired) electrons. The van der Waals surface area contributed by atoms with Crippen LogP contribution in [0.2, 0.25) is 0 Å². The fourth-order valence-corrected chi connectivity index (χ4v) is 3.84. The van der Waals surface area contributed by atoms with Crippen molar-refractivity contribution < 1.29 is 4.79 Å². The molecule has 1 aromatic carbocycles. The van der Waals surface area contributed by atoms with Crippen LogP contribution in [0.25, 0.3) is 0 Å². The van der Waals surface area contributed by atoms with E-state index < -0.39 is 0 Å². The summed E-state index contributed by atoms with van der Waals surface area (Å²) in [6.07, 6.45) is 11.8. The third-order valence-electron chi connectivity index (χ3n) is 5.89. The average Bonchev–Trinajstić information content (AvgIpc) is 3.43. The molecule has 148 valence electrons. The molecule has 1 amide bonds. The van der Waals surface area contributed by atoms with Gasteiger partial charge in [-0.1, -0.05) is 57.5 Å². The lowest BCUT2D eigenvalue weighted by Crippen LogP contribution is -2.29. The number of carbonyl (C=O) groups is 1. The lowest BCUT2D eigenvalue weighted by atomic mass is 9.88. The average molecular weight is 368 g/mol. The molecule has 0 atom stereocenters. The molecule has 27 heavy (non-hydrogen) atoms. The Bertz CT molecular complexity index is 650. The van der Waals surface area contributed by atoms with Gasteiger partial charge in [0.1, 0.15) is 0 Å². The molecule has 1 aromatic rings. The Morgan fingerprint density at radius 3 is 2.70 bits per heavy atom. The topological polar surface area (TPSA) is 20.3 Å². The molecule has 0 aliphatic heterocycles. The summed E-state index contributed by atoms with van der Waals surface area (Å²) in [5, 5.41) is 0. The van der Waals surface area contributed by atoms with Crippen LogP contribution in [-0.2, 0) is 16.6 Å². The summed E-state index contributed by atoms with van der Waals surface area (Å²) >= 11 is 0. The van der Waals surface area contributed by atoms with Gasteiger partial charge in [0, 0.05) is 20.0 Å². The van der Waals surface area contributed by atoms with Crippen LogP contribution < -0.4 is 0 Å². The van der Waals surface area contributed by atoms with E-state index in [0.29, 0.717) is 12.0 Å². The van der Waals surface area contributed by atoms with E-state index in [0.717, 1.165) is 18.9 Å². The highest BCUT2D eigenvalue weighted by Gasteiger charge is 2.43. The zero-order valence-electron chi connectivity index (χ0n) is 17.6. The lowest BCUT2D eigenvalue weighted by molar-refractivity contribution is -0.128. The van der Waals surface area contributed by atoms with Crippen LogP contribution in [0, 0.1) is 5.92 Å². The van der Waals surface area contributed by atoms with Crippen molar-refractivity contribution in [2.24, 2.45) is 5.92 Å². The molecule has 0 unspecified atom stereocenters. The van der Waals surface area contributed by atoms with Crippen molar-refractivity contribution in [2.45, 2.75) is 77.6 Å². The van der Waals surface area contributed by atoms with Crippen molar-refractivity contribution in [1.29, 1.82) is 0 Å². The first-order valence-electron chi connectivity index (χ1n) is 10.7. The fraction of sp³-hybridized carbons (Fsp3) is 0.600. The summed E-state index contributed by atoms with van der Waals surface area (Å²) in [5.41, 5.74) is 6.26. The first-order chi connectivity index (χ1) is 13.0. The van der Waals surface area contributed by atoms with E-state index in [-0.39, 0.29) is 5.91 Å². The quantitative estimate of drug-likeness (QED) is 0.325. The normalized spacial score (nSPS) is 14.7. The molecular weight excluding hydrogens is 330 g/mol. The maximum atomic E-state index is 11.7. The molecule has 0 N–H and O–H groups in total. The van der Waals surface area contributed by atoms with Crippen LogP contribution in [0.5, 0.6) is 0 Å². The zero-order chi connectivity index (χ0) is 19.7. The molecule has 2 heteroatoms. The molecule has 1 aliphatic carbocycles. The Hall–Kier alpha value is -1.79. The standard InChI is InChI=1S/C25H37NO/c1-5-6-18-26(22(4)27)19-9-7-8-15-25(16-17-25)24-12-10-11-23(20-24)14-13-21(2)3/h6,10-12,20-21H,1,7-9,13-19H2,2-4H3. The van der Waals surface area contributed by atoms with Gasteiger partial charge in [0.15, 0.2) is 0 Å². The molecule has 0 saturated heterocycles. The van der Waals surface area contributed by atoms with Crippen LogP contribution >= 0.6 is 0 Å². The van der Waals surface area contributed by atoms with Gasteiger partial charge in [-0.15, -0.1) is 5.73 Å². The summed E-state index contributed by atoms with van der Waals surface area (Å²) in [5.74, 6) is 0.901. The Morgan fingerprint density at radius 1 is 1.30 bits per heavy atom. The van der Waals surface area contributed by atoms with E-state index in [1.165, 1.54) is 50.5 Å². The number of unbranched alkanes of at least 4 members (excludes halogenated alkanes) is 2. The Kier molecular flexibility index (Phi) is 8.38. The zero-order valence-corrected chi connectivity index (χ0v) is 17.6. The minimum atomic E-state index is 0.137. The predicted octanol–water partition coefficient (Wildman–Crippen LogP) is 6.06. The third-order valence-corrected chi connectivity index (χ3v) is 5.89. The second-order valence-corrected chi connectivity index (χ2v) is 8.60. The van der Waals surface area contributed by atoms with Crippen molar-refractivity contribution in [3.63, 3.8) is 0 Å². The van der Waals surface area contributed by atoms with Crippen molar-refractivity contribution in [3.8, 4) is 0 Å². The van der Waals surface area contributed by atoms with Crippen LogP contribution in [0.3, 0.4) is 0 Å². The monoisotopic (exact) mass is 367 g/mol. The van der Waals surface area contributed by atoms with Crippen LogP contribution in [0.15, 0.2) is 42.7 Å². The number of rotatable bonds is 12. The van der Waals surface area contributed by atoms with Gasteiger partial charge in [0.25, 0.3) is 0 Å². The van der Waals surface area contributed by atoms with Crippen molar-refractivity contribution >= 4 is 5.91 Å². The highest BCUT2D eigenvalue weighted by atomic mass is 16.2. The number of benzene rings is 1. The molecular formula is C25H37NO. The second-order valence-electron chi connectivity index (χ2n) is 8.60. The van der Waals surface area contributed by atoms with E-state index >= 15 is 0 Å². The van der Waals surface area contributed by atoms with E-state index in [1.54, 1.807) is 12.5 Å². The summed E-state index contributed by atoms with van der Waals surface area (Å²) in [7, 11) is 0. The maximum Gasteiger partial charge on any atom is 0.219 e. The highest BCUT2D eigenvalue weighted by Crippen LogP contribution is 2.52. The van der Waals surface area contributed by atoms with Crippen molar-refractivity contribution in [3.05, 3.63) is 53.8 Å². The van der Waals surface area contributed by atoms with Crippen LogP contribution in [0.1, 0.15) is 76.8 Å². The summed E-state index contributed by atoms with van der Waals surface area (Å²) in [4.78, 5) is 13.5. The molecule has 0 aromatic heterocycles. The van der Waals surface area contributed by atoms with Gasteiger partial charge in [-0.25, -0.2) is 0 Å². The highest BCUT2D eigenvalue weighted by molar-refractivity contribution is 5.73. The molecule has 0 spiro atoms. The van der Waals surface area contributed by atoms with E-state index in [1.807, 2.05) is 11.0 Å². The minimum Gasteiger partial charge on any atom is -0.339 e. The molecule has 1 fully saturated rings. The van der Waals surface area contributed by atoms with Gasteiger partial charge in [0.2, 0.25) is 5.91 Å². The molecule has 0 heterocycles. The number of nitrogens with zero attached hydrogens (tertiary/aromatic N) is 1. The Labute approximate surface area is 166 Å². The predicted molar refractivity (Wildman–Crippen MR) is 115 cm³/mol. The van der Waals surface area contributed by atoms with Crippen molar-refractivity contribution in [1.82, 2.24) is 4.90 Å². The Morgan fingerprint density at radius 2 is 2.07 bits per heavy atom. The molecule has 2 nitrogen and oxygen atoms in total. The first kappa shape index (κ1) is 21.5. The summed E-state index contributed by atoms with van der Waals surface area (Å²) < 4.78 is 0.